The van der Waals surface area contributed by atoms with Crippen LogP contribution in [0, 0.1) is 0 Å². The predicted molar refractivity (Wildman–Crippen MR) is 44.3 cm³/mol. The van der Waals surface area contributed by atoms with Gasteiger partial charge in [0, 0.05) is 6.42 Å². The van der Waals surface area contributed by atoms with E-state index in [-0.39, 0.29) is 11.2 Å². The summed E-state index contributed by atoms with van der Waals surface area (Å²) in [6.07, 6.45) is 1.28. The summed E-state index contributed by atoms with van der Waals surface area (Å²) in [6.45, 7) is 4.24. The van der Waals surface area contributed by atoms with Gasteiger partial charge in [0.15, 0.2) is 0 Å². The zero-order chi connectivity index (χ0) is 7.98. The van der Waals surface area contributed by atoms with Crippen molar-refractivity contribution in [3.8, 4) is 0 Å². The fourth-order valence-electron chi connectivity index (χ4n) is 0.560. The van der Waals surface area contributed by atoms with Gasteiger partial charge in [0.2, 0.25) is 0 Å². The molecule has 0 amide bonds. The molecule has 0 saturated heterocycles. The van der Waals surface area contributed by atoms with E-state index in [1.807, 2.05) is 13.8 Å². The third-order valence-electron chi connectivity index (χ3n) is 1.07. The van der Waals surface area contributed by atoms with Gasteiger partial charge in [-0.15, -0.1) is 0 Å². The second kappa shape index (κ2) is 5.59. The zero-order valence-electron chi connectivity index (χ0n) is 6.46. The van der Waals surface area contributed by atoms with Crippen LogP contribution in [0.5, 0.6) is 0 Å². The first-order valence-electron chi connectivity index (χ1n) is 3.50. The summed E-state index contributed by atoms with van der Waals surface area (Å²) >= 11 is 4.13. The third-order valence-corrected chi connectivity index (χ3v) is 1.33. The molecule has 0 aromatic heterocycles. The minimum absolute atomic E-state index is 0.122. The van der Waals surface area contributed by atoms with Crippen LogP contribution in [0.1, 0.15) is 26.7 Å². The lowest BCUT2D eigenvalue weighted by Gasteiger charge is -2.02. The van der Waals surface area contributed by atoms with Crippen molar-refractivity contribution in [1.82, 2.24) is 0 Å². The highest BCUT2D eigenvalue weighted by Gasteiger charge is 2.02. The summed E-state index contributed by atoms with van der Waals surface area (Å²) < 4.78 is 4.72. The van der Waals surface area contributed by atoms with E-state index in [0.29, 0.717) is 13.0 Å². The van der Waals surface area contributed by atoms with E-state index in [1.54, 1.807) is 0 Å². The van der Waals surface area contributed by atoms with Crippen molar-refractivity contribution < 1.29 is 9.53 Å². The number of hydrogen-bond donors (Lipinski definition) is 1. The molecule has 0 aromatic carbocycles. The van der Waals surface area contributed by atoms with E-state index in [9.17, 15) is 4.79 Å². The summed E-state index contributed by atoms with van der Waals surface area (Å²) in [4.78, 5) is 10.7. The first-order chi connectivity index (χ1) is 4.66. The van der Waals surface area contributed by atoms with E-state index in [0.717, 1.165) is 6.42 Å². The van der Waals surface area contributed by atoms with E-state index >= 15 is 0 Å². The molecule has 0 radical (unpaired) electrons. The number of thiol groups is 1. The Balaban J connectivity index is 3.22. The van der Waals surface area contributed by atoms with Gasteiger partial charge in [0.05, 0.1) is 6.61 Å². The van der Waals surface area contributed by atoms with Crippen LogP contribution in [0.4, 0.5) is 0 Å². The van der Waals surface area contributed by atoms with Crippen LogP contribution < -0.4 is 0 Å². The molecule has 0 unspecified atom stereocenters. The Morgan fingerprint density at radius 1 is 1.70 bits per heavy atom. The van der Waals surface area contributed by atoms with Crippen LogP contribution in [0.15, 0.2) is 0 Å². The SMILES string of the molecule is CCOC(=O)CC[C@H](C)S. The number of rotatable bonds is 4. The lowest BCUT2D eigenvalue weighted by Crippen LogP contribution is -2.05. The number of carbonyl (C=O) groups excluding carboxylic acids is 1. The zero-order valence-corrected chi connectivity index (χ0v) is 7.36. The largest absolute Gasteiger partial charge is 0.466 e. The fraction of sp³-hybridized carbons (Fsp3) is 0.857. The topological polar surface area (TPSA) is 26.3 Å². The fourth-order valence-corrected chi connectivity index (χ4v) is 0.689. The maximum atomic E-state index is 10.7. The van der Waals surface area contributed by atoms with Gasteiger partial charge in [-0.2, -0.15) is 12.6 Å². The van der Waals surface area contributed by atoms with Crippen molar-refractivity contribution in [3.05, 3.63) is 0 Å². The number of esters is 1. The first-order valence-corrected chi connectivity index (χ1v) is 4.02. The molecular weight excluding hydrogens is 148 g/mol. The highest BCUT2D eigenvalue weighted by atomic mass is 32.1. The molecular formula is C7H14O2S. The van der Waals surface area contributed by atoms with Crippen molar-refractivity contribution in [3.63, 3.8) is 0 Å². The quantitative estimate of drug-likeness (QED) is 0.502. The molecule has 0 N–H and O–H groups in total. The van der Waals surface area contributed by atoms with Gasteiger partial charge in [-0.05, 0) is 18.6 Å². The molecule has 0 aliphatic heterocycles. The van der Waals surface area contributed by atoms with Crippen LogP contribution in [-0.2, 0) is 9.53 Å². The molecule has 1 atom stereocenters. The smallest absolute Gasteiger partial charge is 0.305 e. The standard InChI is InChI=1S/C7H14O2S/c1-3-9-7(8)5-4-6(2)10/h6,10H,3-5H2,1-2H3/t6-/m0/s1. The number of carbonyl (C=O) groups is 1. The molecule has 0 bridgehead atoms. The van der Waals surface area contributed by atoms with Gasteiger partial charge in [0.1, 0.15) is 0 Å². The summed E-state index contributed by atoms with van der Waals surface area (Å²) in [5, 5.41) is 0.282. The van der Waals surface area contributed by atoms with Crippen molar-refractivity contribution in [2.24, 2.45) is 0 Å². The molecule has 0 rings (SSSR count). The van der Waals surface area contributed by atoms with Crippen molar-refractivity contribution in [2.75, 3.05) is 6.61 Å². The maximum absolute atomic E-state index is 10.7. The van der Waals surface area contributed by atoms with E-state index in [2.05, 4.69) is 12.6 Å². The van der Waals surface area contributed by atoms with Crippen LogP contribution in [0.3, 0.4) is 0 Å². The number of ether oxygens (including phenoxy) is 1. The average molecular weight is 162 g/mol. The van der Waals surface area contributed by atoms with Crippen molar-refractivity contribution >= 4 is 18.6 Å². The van der Waals surface area contributed by atoms with Crippen molar-refractivity contribution in [2.45, 2.75) is 31.9 Å². The Hall–Kier alpha value is -0.180. The molecule has 0 aliphatic carbocycles. The molecule has 0 saturated carbocycles. The Morgan fingerprint density at radius 3 is 2.70 bits per heavy atom. The van der Waals surface area contributed by atoms with Gasteiger partial charge in [-0.1, -0.05) is 6.92 Å². The van der Waals surface area contributed by atoms with E-state index in [4.69, 9.17) is 4.74 Å². The Labute approximate surface area is 67.4 Å². The molecule has 0 aliphatic rings. The normalized spacial score (nSPS) is 12.7. The van der Waals surface area contributed by atoms with Crippen molar-refractivity contribution in [1.29, 1.82) is 0 Å². The predicted octanol–water partition coefficient (Wildman–Crippen LogP) is 1.65. The summed E-state index contributed by atoms with van der Waals surface area (Å²) in [5.74, 6) is -0.122. The summed E-state index contributed by atoms with van der Waals surface area (Å²) in [5.41, 5.74) is 0. The van der Waals surface area contributed by atoms with Crippen LogP contribution in [0.2, 0.25) is 0 Å². The lowest BCUT2D eigenvalue weighted by atomic mass is 10.2. The molecule has 0 spiro atoms. The summed E-state index contributed by atoms with van der Waals surface area (Å²) in [7, 11) is 0. The van der Waals surface area contributed by atoms with Gasteiger partial charge in [-0.25, -0.2) is 0 Å². The molecule has 10 heavy (non-hydrogen) atoms. The third kappa shape index (κ3) is 5.95. The van der Waals surface area contributed by atoms with Crippen LogP contribution in [-0.4, -0.2) is 17.8 Å². The second-order valence-corrected chi connectivity index (χ2v) is 3.07. The number of hydrogen-bond acceptors (Lipinski definition) is 3. The van der Waals surface area contributed by atoms with Crippen LogP contribution >= 0.6 is 12.6 Å². The first kappa shape index (κ1) is 9.82. The van der Waals surface area contributed by atoms with Crippen LogP contribution in [0.25, 0.3) is 0 Å². The minimum atomic E-state index is -0.122. The van der Waals surface area contributed by atoms with Gasteiger partial charge < -0.3 is 4.74 Å². The maximum Gasteiger partial charge on any atom is 0.305 e. The lowest BCUT2D eigenvalue weighted by molar-refractivity contribution is -0.143. The van der Waals surface area contributed by atoms with E-state index in [1.165, 1.54) is 0 Å². The highest BCUT2D eigenvalue weighted by Crippen LogP contribution is 2.03. The Bertz CT molecular complexity index is 102. The van der Waals surface area contributed by atoms with Gasteiger partial charge >= 0.3 is 5.97 Å². The molecule has 0 aromatic rings. The molecule has 60 valence electrons. The van der Waals surface area contributed by atoms with Gasteiger partial charge in [0.25, 0.3) is 0 Å². The Kier molecular flexibility index (Phi) is 5.49. The molecule has 0 fully saturated rings. The monoisotopic (exact) mass is 162 g/mol. The average Bonchev–Trinajstić information content (AvgIpc) is 1.85. The minimum Gasteiger partial charge on any atom is -0.466 e. The Morgan fingerprint density at radius 2 is 2.30 bits per heavy atom. The van der Waals surface area contributed by atoms with E-state index < -0.39 is 0 Å². The molecule has 2 nitrogen and oxygen atoms in total. The molecule has 3 heteroatoms. The summed E-state index contributed by atoms with van der Waals surface area (Å²) in [6, 6.07) is 0. The second-order valence-electron chi connectivity index (χ2n) is 2.19. The molecule has 0 heterocycles. The van der Waals surface area contributed by atoms with Gasteiger partial charge in [-0.3, -0.25) is 4.79 Å². The highest BCUT2D eigenvalue weighted by molar-refractivity contribution is 7.80.